The Morgan fingerprint density at radius 3 is 2.54 bits per heavy atom. The molecule has 2 amide bonds. The fraction of sp³-hybridized carbons (Fsp3) is 0.407. The summed E-state index contributed by atoms with van der Waals surface area (Å²) in [5.41, 5.74) is 1.54. The fourth-order valence-corrected chi connectivity index (χ4v) is 5.95. The largest absolute Gasteiger partial charge is 0.486 e. The average Bonchev–Trinajstić information content (AvgIpc) is 3.79. The number of benzene rings is 2. The van der Waals surface area contributed by atoms with E-state index in [4.69, 9.17) is 9.47 Å². The minimum atomic E-state index is -1.19. The number of hydrogen-bond acceptors (Lipinski definition) is 6. The Hall–Kier alpha value is -4.08. The maximum Gasteiger partial charge on any atom is 0.357 e. The molecule has 10 nitrogen and oxygen atoms in total. The summed E-state index contributed by atoms with van der Waals surface area (Å²) in [7, 11) is 0. The number of hydrogen-bond donors (Lipinski definition) is 2. The first kappa shape index (κ1) is 22.1. The number of carboxylic acid groups (broad SMARTS) is 1. The zero-order chi connectivity index (χ0) is 25.3. The number of carbonyl (C=O) groups is 3. The minimum absolute atomic E-state index is 0.0534. The van der Waals surface area contributed by atoms with Gasteiger partial charge in [-0.25, -0.2) is 4.79 Å². The first-order valence-electron chi connectivity index (χ1n) is 12.7. The second kappa shape index (κ2) is 8.22. The summed E-state index contributed by atoms with van der Waals surface area (Å²) in [5, 5.41) is 17.5. The lowest BCUT2D eigenvalue weighted by Gasteiger charge is -2.27. The van der Waals surface area contributed by atoms with E-state index in [0.717, 1.165) is 12.8 Å². The summed E-state index contributed by atoms with van der Waals surface area (Å²) in [6.07, 6.45) is 2.45. The van der Waals surface area contributed by atoms with Crippen LogP contribution in [-0.2, 0) is 16.1 Å². The third kappa shape index (κ3) is 3.78. The summed E-state index contributed by atoms with van der Waals surface area (Å²) in [4.78, 5) is 40.4. The quantitative estimate of drug-likeness (QED) is 0.530. The van der Waals surface area contributed by atoms with Crippen LogP contribution in [0.5, 0.6) is 11.5 Å². The van der Waals surface area contributed by atoms with Crippen LogP contribution in [-0.4, -0.2) is 68.9 Å². The highest BCUT2D eigenvalue weighted by atomic mass is 16.6. The number of aromatic nitrogens is 2. The molecule has 10 heteroatoms. The molecule has 37 heavy (non-hydrogen) atoms. The molecular formula is C27H26N4O6. The Morgan fingerprint density at radius 2 is 1.78 bits per heavy atom. The number of ether oxygens (including phenoxy) is 2. The summed E-state index contributed by atoms with van der Waals surface area (Å²) < 4.78 is 12.6. The highest BCUT2D eigenvalue weighted by Gasteiger charge is 2.56. The molecule has 2 aromatic carbocycles. The van der Waals surface area contributed by atoms with E-state index in [2.05, 4.69) is 22.5 Å². The lowest BCUT2D eigenvalue weighted by molar-refractivity contribution is -0.140. The predicted octanol–water partition coefficient (Wildman–Crippen LogP) is 2.17. The van der Waals surface area contributed by atoms with Crippen molar-refractivity contribution in [1.82, 2.24) is 20.0 Å². The van der Waals surface area contributed by atoms with Gasteiger partial charge in [-0.05, 0) is 36.8 Å². The van der Waals surface area contributed by atoms with Crippen molar-refractivity contribution in [1.29, 1.82) is 0 Å². The zero-order valence-electron chi connectivity index (χ0n) is 20.0. The smallest absolute Gasteiger partial charge is 0.357 e. The molecule has 7 rings (SSSR count). The molecule has 2 N–H and O–H groups in total. The maximum absolute atomic E-state index is 13.5. The van der Waals surface area contributed by atoms with Crippen LogP contribution in [0.2, 0.25) is 0 Å². The van der Waals surface area contributed by atoms with E-state index in [-0.39, 0.29) is 36.1 Å². The Bertz CT molecular complexity index is 1440. The van der Waals surface area contributed by atoms with Crippen molar-refractivity contribution in [3.05, 3.63) is 53.7 Å². The van der Waals surface area contributed by atoms with Crippen LogP contribution < -0.4 is 14.8 Å². The van der Waals surface area contributed by atoms with Gasteiger partial charge in [0.1, 0.15) is 25.8 Å². The molecule has 0 unspecified atom stereocenters. The van der Waals surface area contributed by atoms with E-state index in [1.807, 2.05) is 18.2 Å². The van der Waals surface area contributed by atoms with Crippen molar-refractivity contribution in [2.45, 2.75) is 49.9 Å². The molecule has 4 aliphatic rings. The number of carboxylic acids is 1. The third-order valence-corrected chi connectivity index (χ3v) is 7.94. The van der Waals surface area contributed by atoms with E-state index in [1.165, 1.54) is 10.2 Å². The van der Waals surface area contributed by atoms with Crippen LogP contribution in [0.3, 0.4) is 0 Å². The van der Waals surface area contributed by atoms with Gasteiger partial charge >= 0.3 is 5.97 Å². The number of carbonyl (C=O) groups excluding carboxylic acids is 2. The number of amides is 2. The monoisotopic (exact) mass is 502 g/mol. The van der Waals surface area contributed by atoms with Gasteiger partial charge in [0, 0.05) is 29.5 Å². The Kier molecular flexibility index (Phi) is 4.92. The van der Waals surface area contributed by atoms with Gasteiger partial charge in [-0.3, -0.25) is 14.3 Å². The first-order chi connectivity index (χ1) is 18.0. The van der Waals surface area contributed by atoms with Gasteiger partial charge in [-0.2, -0.15) is 5.10 Å². The standard InChI is InChI=1S/C27H26N4O6/c32-24(13-30-20-12-23-22(36-6-7-37-23)11-17(20)25(29-30)27(34)35)31-19-8-15(19)9-21(31)26(33)28-18-10-16(18)14-4-2-1-3-5-14/h1-5,11-12,15-16,18-19,21H,6-10,13H2,(H,28,33)(H,34,35)/t15-,16+,18-,19-,21+/m1/s1. The zero-order valence-corrected chi connectivity index (χ0v) is 20.0. The second-order valence-corrected chi connectivity index (χ2v) is 10.3. The first-order valence-corrected chi connectivity index (χ1v) is 12.7. The summed E-state index contributed by atoms with van der Waals surface area (Å²) >= 11 is 0. The lowest BCUT2D eigenvalue weighted by atomic mass is 10.1. The second-order valence-electron chi connectivity index (χ2n) is 10.3. The van der Waals surface area contributed by atoms with Gasteiger partial charge in [0.05, 0.1) is 5.52 Å². The maximum atomic E-state index is 13.5. The van der Waals surface area contributed by atoms with Gasteiger partial charge in [-0.1, -0.05) is 30.3 Å². The van der Waals surface area contributed by atoms with Crippen LogP contribution in [0.25, 0.3) is 10.9 Å². The van der Waals surface area contributed by atoms with E-state index in [1.54, 1.807) is 17.0 Å². The average molecular weight is 503 g/mol. The summed E-state index contributed by atoms with van der Waals surface area (Å²) in [5.74, 6) is 0.0564. The molecule has 0 radical (unpaired) electrons. The predicted molar refractivity (Wildman–Crippen MR) is 131 cm³/mol. The van der Waals surface area contributed by atoms with Gasteiger partial charge in [0.2, 0.25) is 11.8 Å². The van der Waals surface area contributed by atoms with Crippen molar-refractivity contribution >= 4 is 28.7 Å². The fourth-order valence-electron chi connectivity index (χ4n) is 5.95. The molecule has 190 valence electrons. The molecule has 2 saturated carbocycles. The third-order valence-electron chi connectivity index (χ3n) is 7.94. The summed E-state index contributed by atoms with van der Waals surface area (Å²) in [6.45, 7) is 0.602. The highest BCUT2D eigenvalue weighted by Crippen LogP contribution is 2.49. The molecule has 2 aliphatic heterocycles. The molecule has 3 heterocycles. The Labute approximate surface area is 212 Å². The van der Waals surface area contributed by atoms with Gasteiger partial charge < -0.3 is 24.8 Å². The Morgan fingerprint density at radius 1 is 1.03 bits per heavy atom. The van der Waals surface area contributed by atoms with Gasteiger partial charge in [0.15, 0.2) is 17.2 Å². The Balaban J connectivity index is 1.11. The number of nitrogens with one attached hydrogen (secondary N) is 1. The number of aromatic carboxylic acids is 1. The molecule has 3 fully saturated rings. The van der Waals surface area contributed by atoms with Crippen molar-refractivity contribution in [2.24, 2.45) is 5.92 Å². The van der Waals surface area contributed by atoms with Crippen LogP contribution >= 0.6 is 0 Å². The van der Waals surface area contributed by atoms with Crippen LogP contribution in [0.1, 0.15) is 41.2 Å². The lowest BCUT2D eigenvalue weighted by Crippen LogP contribution is -2.49. The normalized spacial score (nSPS) is 27.0. The minimum Gasteiger partial charge on any atom is -0.486 e. The topological polar surface area (TPSA) is 123 Å². The molecule has 3 aromatic rings. The molecule has 2 aliphatic carbocycles. The van der Waals surface area contributed by atoms with E-state index in [9.17, 15) is 19.5 Å². The SMILES string of the molecule is O=C(O)c1nn(CC(=O)N2[C@@H]3C[C@@H]3C[C@H]2C(=O)N[C@@H]2C[C@H]2c2ccccc2)c2cc3c(cc12)OCCO3. The number of piperidine rings is 1. The van der Waals surface area contributed by atoms with Gasteiger partial charge in [-0.15, -0.1) is 0 Å². The molecule has 0 bridgehead atoms. The van der Waals surface area contributed by atoms with E-state index >= 15 is 0 Å². The van der Waals surface area contributed by atoms with Crippen molar-refractivity contribution in [3.8, 4) is 11.5 Å². The number of nitrogens with zero attached hydrogens (tertiary/aromatic N) is 3. The highest BCUT2D eigenvalue weighted by molar-refractivity contribution is 6.02. The number of rotatable bonds is 6. The van der Waals surface area contributed by atoms with Gasteiger partial charge in [0.25, 0.3) is 0 Å². The molecule has 5 atom stereocenters. The number of fused-ring (bicyclic) bond motifs is 3. The molecular weight excluding hydrogens is 476 g/mol. The van der Waals surface area contributed by atoms with Crippen molar-refractivity contribution in [3.63, 3.8) is 0 Å². The van der Waals surface area contributed by atoms with Crippen LogP contribution in [0.4, 0.5) is 0 Å². The van der Waals surface area contributed by atoms with Crippen molar-refractivity contribution in [2.75, 3.05) is 13.2 Å². The molecule has 1 aromatic heterocycles. The van der Waals surface area contributed by atoms with E-state index < -0.39 is 12.0 Å². The summed E-state index contributed by atoms with van der Waals surface area (Å²) in [6, 6.07) is 13.0. The number of likely N-dealkylation sites (tertiary alicyclic amines) is 1. The molecule has 1 saturated heterocycles. The van der Waals surface area contributed by atoms with E-state index in [0.29, 0.717) is 53.9 Å². The molecule has 0 spiro atoms. The van der Waals surface area contributed by atoms with Crippen LogP contribution in [0, 0.1) is 5.92 Å². The van der Waals surface area contributed by atoms with Crippen LogP contribution in [0.15, 0.2) is 42.5 Å². The van der Waals surface area contributed by atoms with Crippen molar-refractivity contribution < 1.29 is 29.0 Å².